The summed E-state index contributed by atoms with van der Waals surface area (Å²) < 4.78 is 47.1. The Morgan fingerprint density at radius 3 is 2.34 bits per heavy atom. The van der Waals surface area contributed by atoms with Gasteiger partial charge in [0.25, 0.3) is 5.91 Å². The number of hydrogen-bond donors (Lipinski definition) is 1. The van der Waals surface area contributed by atoms with Gasteiger partial charge in [-0.05, 0) is 69.3 Å². The van der Waals surface area contributed by atoms with Crippen LogP contribution in [0.25, 0.3) is 5.69 Å². The number of anilines is 1. The van der Waals surface area contributed by atoms with Crippen LogP contribution in [-0.2, 0) is 10.0 Å². The molecule has 0 unspecified atom stereocenters. The van der Waals surface area contributed by atoms with E-state index in [-0.39, 0.29) is 22.4 Å². The molecule has 0 atom stereocenters. The minimum absolute atomic E-state index is 0.0288. The first kappa shape index (κ1) is 23.5. The molecule has 0 aliphatic heterocycles. The van der Waals surface area contributed by atoms with Crippen LogP contribution in [0.4, 0.5) is 10.1 Å². The van der Waals surface area contributed by atoms with E-state index >= 15 is 0 Å². The molecule has 0 bridgehead atoms. The summed E-state index contributed by atoms with van der Waals surface area (Å²) in [6.45, 7) is 5.72. The molecule has 2 aromatic carbocycles. The maximum absolute atomic E-state index is 13.3. The van der Waals surface area contributed by atoms with E-state index in [4.69, 9.17) is 4.74 Å². The first-order chi connectivity index (χ1) is 15.1. The van der Waals surface area contributed by atoms with E-state index in [1.54, 1.807) is 38.1 Å². The Hall–Kier alpha value is -3.17. The molecule has 1 amide bonds. The van der Waals surface area contributed by atoms with Gasteiger partial charge in [0.1, 0.15) is 16.5 Å². The van der Waals surface area contributed by atoms with Gasteiger partial charge in [-0.15, -0.1) is 0 Å². The lowest BCUT2D eigenvalue weighted by molar-refractivity contribution is 0.102. The van der Waals surface area contributed by atoms with E-state index in [1.165, 1.54) is 38.4 Å². The second-order valence-electron chi connectivity index (χ2n) is 7.43. The molecule has 3 aromatic rings. The summed E-state index contributed by atoms with van der Waals surface area (Å²) in [5, 5.41) is 2.77. The van der Waals surface area contributed by atoms with E-state index in [1.807, 2.05) is 11.5 Å². The Morgan fingerprint density at radius 2 is 1.75 bits per heavy atom. The summed E-state index contributed by atoms with van der Waals surface area (Å²) in [6.07, 6.45) is 0. The van der Waals surface area contributed by atoms with Gasteiger partial charge in [-0.2, -0.15) is 0 Å². The Morgan fingerprint density at radius 1 is 1.09 bits per heavy atom. The quantitative estimate of drug-likeness (QED) is 0.576. The van der Waals surface area contributed by atoms with Crippen molar-refractivity contribution in [3.8, 4) is 11.4 Å². The molecule has 0 saturated carbocycles. The van der Waals surface area contributed by atoms with Crippen molar-refractivity contribution >= 4 is 21.6 Å². The zero-order valence-corrected chi connectivity index (χ0v) is 19.5. The Balaban J connectivity index is 1.96. The molecule has 7 nitrogen and oxygen atoms in total. The lowest BCUT2D eigenvalue weighted by Crippen LogP contribution is -2.23. The van der Waals surface area contributed by atoms with Crippen LogP contribution in [0.1, 0.15) is 28.7 Å². The van der Waals surface area contributed by atoms with E-state index < -0.39 is 10.0 Å². The third-order valence-corrected chi connectivity index (χ3v) is 6.86. The fourth-order valence-electron chi connectivity index (χ4n) is 3.44. The van der Waals surface area contributed by atoms with E-state index in [0.29, 0.717) is 23.6 Å². The van der Waals surface area contributed by atoms with Gasteiger partial charge in [0.2, 0.25) is 10.0 Å². The number of carbonyl (C=O) groups excluding carboxylic acids is 1. The van der Waals surface area contributed by atoms with Crippen LogP contribution in [0.15, 0.2) is 53.4 Å². The third kappa shape index (κ3) is 4.53. The molecule has 0 aliphatic carbocycles. The Labute approximate surface area is 187 Å². The molecule has 0 aliphatic rings. The number of carbonyl (C=O) groups is 1. The summed E-state index contributed by atoms with van der Waals surface area (Å²) in [6, 6.07) is 12.2. The topological polar surface area (TPSA) is 80.6 Å². The van der Waals surface area contributed by atoms with Crippen LogP contribution in [0.5, 0.6) is 5.75 Å². The van der Waals surface area contributed by atoms with Gasteiger partial charge in [0, 0.05) is 36.9 Å². The number of nitrogens with one attached hydrogen (secondary N) is 1. The van der Waals surface area contributed by atoms with Crippen molar-refractivity contribution in [2.45, 2.75) is 25.7 Å². The molecule has 9 heteroatoms. The summed E-state index contributed by atoms with van der Waals surface area (Å²) in [7, 11) is -0.918. The molecule has 0 fully saturated rings. The second kappa shape index (κ2) is 9.13. The number of amides is 1. The fraction of sp³-hybridized carbons (Fsp3) is 0.261. The number of aryl methyl sites for hydroxylation is 1. The summed E-state index contributed by atoms with van der Waals surface area (Å²) in [5.74, 6) is -0.509. The largest absolute Gasteiger partial charge is 0.492 e. The number of rotatable bonds is 7. The van der Waals surface area contributed by atoms with Crippen LogP contribution in [0.2, 0.25) is 0 Å². The average molecular weight is 460 g/mol. The lowest BCUT2D eigenvalue weighted by atomic mass is 10.2. The van der Waals surface area contributed by atoms with Gasteiger partial charge in [-0.1, -0.05) is 0 Å². The zero-order valence-electron chi connectivity index (χ0n) is 18.6. The first-order valence-corrected chi connectivity index (χ1v) is 11.5. The number of ether oxygens (including phenoxy) is 1. The van der Waals surface area contributed by atoms with Crippen molar-refractivity contribution in [3.05, 3.63) is 71.3 Å². The highest BCUT2D eigenvalue weighted by molar-refractivity contribution is 7.89. The molecular weight excluding hydrogens is 433 g/mol. The number of aromatic nitrogens is 1. The molecule has 0 saturated heterocycles. The highest BCUT2D eigenvalue weighted by Crippen LogP contribution is 2.30. The molecule has 3 rings (SSSR count). The number of hydrogen-bond acceptors (Lipinski definition) is 4. The van der Waals surface area contributed by atoms with Gasteiger partial charge < -0.3 is 14.6 Å². The number of benzene rings is 2. The second-order valence-corrected chi connectivity index (χ2v) is 9.55. The molecule has 170 valence electrons. The van der Waals surface area contributed by atoms with Crippen molar-refractivity contribution in [1.29, 1.82) is 0 Å². The van der Waals surface area contributed by atoms with Crippen molar-refractivity contribution in [2.75, 3.05) is 26.0 Å². The monoisotopic (exact) mass is 459 g/mol. The smallest absolute Gasteiger partial charge is 0.257 e. The van der Waals surface area contributed by atoms with Crippen LogP contribution < -0.4 is 10.1 Å². The van der Waals surface area contributed by atoms with Crippen LogP contribution in [0.3, 0.4) is 0 Å². The lowest BCUT2D eigenvalue weighted by Gasteiger charge is -2.16. The zero-order chi connectivity index (χ0) is 23.6. The van der Waals surface area contributed by atoms with Crippen molar-refractivity contribution in [2.24, 2.45) is 0 Å². The fourth-order valence-corrected chi connectivity index (χ4v) is 4.49. The van der Waals surface area contributed by atoms with Crippen molar-refractivity contribution in [1.82, 2.24) is 8.87 Å². The van der Waals surface area contributed by atoms with Crippen LogP contribution in [-0.4, -0.2) is 43.9 Å². The number of sulfonamides is 1. The van der Waals surface area contributed by atoms with E-state index in [0.717, 1.165) is 15.7 Å². The predicted octanol–water partition coefficient (Wildman–Crippen LogP) is 4.13. The van der Waals surface area contributed by atoms with Gasteiger partial charge >= 0.3 is 0 Å². The number of halogens is 1. The normalized spacial score (nSPS) is 11.6. The summed E-state index contributed by atoms with van der Waals surface area (Å²) >= 11 is 0. The van der Waals surface area contributed by atoms with Gasteiger partial charge in [-0.3, -0.25) is 4.79 Å². The molecule has 32 heavy (non-hydrogen) atoms. The summed E-state index contributed by atoms with van der Waals surface area (Å²) in [5.41, 5.74) is 2.98. The van der Waals surface area contributed by atoms with Gasteiger partial charge in [-0.25, -0.2) is 17.1 Å². The molecular formula is C23H26FN3O4S. The summed E-state index contributed by atoms with van der Waals surface area (Å²) in [4.78, 5) is 13.0. The van der Waals surface area contributed by atoms with Crippen LogP contribution >= 0.6 is 0 Å². The highest BCUT2D eigenvalue weighted by atomic mass is 32.2. The molecule has 1 aromatic heterocycles. The van der Waals surface area contributed by atoms with Crippen molar-refractivity contribution < 1.29 is 22.3 Å². The molecule has 1 N–H and O–H groups in total. The average Bonchev–Trinajstić information content (AvgIpc) is 3.04. The SMILES string of the molecule is CCOc1ccc(NC(=O)c2cc(C)n(-c3ccc(F)cc3)c2C)cc1S(=O)(=O)N(C)C. The minimum atomic E-state index is -3.78. The highest BCUT2D eigenvalue weighted by Gasteiger charge is 2.24. The van der Waals surface area contributed by atoms with Gasteiger partial charge in [0.05, 0.1) is 12.2 Å². The molecule has 1 heterocycles. The molecule has 0 radical (unpaired) electrons. The standard InChI is InChI=1S/C23H26FN3O4S/c1-6-31-21-12-9-18(14-22(21)32(29,30)26(4)5)25-23(28)20-13-15(2)27(16(20)3)19-10-7-17(24)8-11-19/h7-14H,6H2,1-5H3,(H,25,28). The molecule has 0 spiro atoms. The van der Waals surface area contributed by atoms with Gasteiger partial charge in [0.15, 0.2) is 0 Å². The van der Waals surface area contributed by atoms with E-state index in [2.05, 4.69) is 5.32 Å². The van der Waals surface area contributed by atoms with Crippen LogP contribution in [0, 0.1) is 19.7 Å². The minimum Gasteiger partial charge on any atom is -0.492 e. The third-order valence-electron chi connectivity index (χ3n) is 5.02. The number of nitrogens with zero attached hydrogens (tertiary/aromatic N) is 2. The maximum atomic E-state index is 13.3. The van der Waals surface area contributed by atoms with Crippen molar-refractivity contribution in [3.63, 3.8) is 0 Å². The maximum Gasteiger partial charge on any atom is 0.257 e. The first-order valence-electron chi connectivity index (χ1n) is 10.0. The van der Waals surface area contributed by atoms with E-state index in [9.17, 15) is 17.6 Å². The predicted molar refractivity (Wildman–Crippen MR) is 122 cm³/mol. The Bertz CT molecular complexity index is 1250. The Kier molecular flexibility index (Phi) is 6.71.